The number of esters is 1. The lowest BCUT2D eigenvalue weighted by Gasteiger charge is -2.10. The van der Waals surface area contributed by atoms with Crippen molar-refractivity contribution in [3.8, 4) is 5.75 Å². The van der Waals surface area contributed by atoms with Crippen LogP contribution in [-0.2, 0) is 9.53 Å². The number of ether oxygens (including phenoxy) is 2. The lowest BCUT2D eigenvalue weighted by atomic mass is 10.1. The minimum Gasteiger partial charge on any atom is -0.478 e. The number of hydrogen-bond donors (Lipinski definition) is 1. The Hall–Kier alpha value is -2.51. The van der Waals surface area contributed by atoms with Gasteiger partial charge in [-0.3, -0.25) is 4.79 Å². The second-order valence-corrected chi connectivity index (χ2v) is 4.06. The van der Waals surface area contributed by atoms with E-state index in [1.807, 2.05) is 0 Å². The van der Waals surface area contributed by atoms with E-state index >= 15 is 0 Å². The lowest BCUT2D eigenvalue weighted by Crippen LogP contribution is -2.17. The summed E-state index contributed by atoms with van der Waals surface area (Å²) < 4.78 is 45.0. The normalized spacial score (nSPS) is 11.5. The molecule has 1 aromatic rings. The number of benzene rings is 1. The fourth-order valence-electron chi connectivity index (χ4n) is 1.55. The summed E-state index contributed by atoms with van der Waals surface area (Å²) in [5, 5.41) is 8.88. The van der Waals surface area contributed by atoms with Crippen LogP contribution in [0.3, 0.4) is 0 Å². The van der Waals surface area contributed by atoms with Crippen molar-refractivity contribution < 1.29 is 37.3 Å². The predicted molar refractivity (Wildman–Crippen MR) is 70.4 cm³/mol. The third-order valence-electron chi connectivity index (χ3n) is 2.31. The molecule has 0 spiro atoms. The third-order valence-corrected chi connectivity index (χ3v) is 2.31. The lowest BCUT2D eigenvalue weighted by molar-refractivity contribution is -0.274. The molecular formula is C14H13F3O5. The van der Waals surface area contributed by atoms with E-state index in [0.29, 0.717) is 0 Å². The number of rotatable bonds is 6. The molecule has 0 aromatic heterocycles. The van der Waals surface area contributed by atoms with Gasteiger partial charge in [0.1, 0.15) is 5.75 Å². The van der Waals surface area contributed by atoms with Gasteiger partial charge in [0.15, 0.2) is 0 Å². The number of aromatic carboxylic acids is 1. The zero-order chi connectivity index (χ0) is 16.8. The molecule has 22 heavy (non-hydrogen) atoms. The van der Waals surface area contributed by atoms with Gasteiger partial charge >= 0.3 is 18.3 Å². The van der Waals surface area contributed by atoms with Crippen molar-refractivity contribution in [2.75, 3.05) is 6.61 Å². The SMILES string of the molecule is CCOC(=O)CC=Cc1cc(OC(F)(F)F)cc(C(=O)O)c1. The van der Waals surface area contributed by atoms with Crippen molar-refractivity contribution in [2.24, 2.45) is 0 Å². The molecule has 0 bridgehead atoms. The summed E-state index contributed by atoms with van der Waals surface area (Å²) in [4.78, 5) is 22.0. The maximum Gasteiger partial charge on any atom is 0.573 e. The first-order valence-corrected chi connectivity index (χ1v) is 6.17. The maximum atomic E-state index is 12.2. The zero-order valence-corrected chi connectivity index (χ0v) is 11.5. The Morgan fingerprint density at radius 2 is 1.95 bits per heavy atom. The number of carboxylic acid groups (broad SMARTS) is 1. The number of carboxylic acids is 1. The van der Waals surface area contributed by atoms with E-state index in [9.17, 15) is 22.8 Å². The summed E-state index contributed by atoms with van der Waals surface area (Å²) in [6, 6.07) is 2.94. The smallest absolute Gasteiger partial charge is 0.478 e. The molecular weight excluding hydrogens is 305 g/mol. The van der Waals surface area contributed by atoms with Gasteiger partial charge in [0.25, 0.3) is 0 Å². The molecule has 0 aliphatic carbocycles. The van der Waals surface area contributed by atoms with Gasteiger partial charge < -0.3 is 14.6 Å². The molecule has 1 N–H and O–H groups in total. The third kappa shape index (κ3) is 6.29. The number of alkyl halides is 3. The van der Waals surface area contributed by atoms with Crippen LogP contribution in [0.1, 0.15) is 29.3 Å². The van der Waals surface area contributed by atoms with E-state index in [1.54, 1.807) is 6.92 Å². The van der Waals surface area contributed by atoms with Crippen LogP contribution in [-0.4, -0.2) is 30.0 Å². The molecule has 120 valence electrons. The predicted octanol–water partition coefficient (Wildman–Crippen LogP) is 3.25. The van der Waals surface area contributed by atoms with Crippen LogP contribution in [0.5, 0.6) is 5.75 Å². The summed E-state index contributed by atoms with van der Waals surface area (Å²) in [5.41, 5.74) is -0.207. The minimum absolute atomic E-state index is 0.0827. The molecule has 5 nitrogen and oxygen atoms in total. The van der Waals surface area contributed by atoms with Gasteiger partial charge in [0.05, 0.1) is 18.6 Å². The van der Waals surface area contributed by atoms with E-state index in [0.717, 1.165) is 18.2 Å². The Labute approximate surface area is 124 Å². The summed E-state index contributed by atoms with van der Waals surface area (Å²) in [6.45, 7) is 1.85. The molecule has 0 fully saturated rings. The highest BCUT2D eigenvalue weighted by molar-refractivity contribution is 5.89. The van der Waals surface area contributed by atoms with Gasteiger partial charge in [-0.05, 0) is 30.7 Å². The van der Waals surface area contributed by atoms with Gasteiger partial charge in [0, 0.05) is 0 Å². The van der Waals surface area contributed by atoms with E-state index in [-0.39, 0.29) is 24.2 Å². The van der Waals surface area contributed by atoms with Crippen molar-refractivity contribution in [1.82, 2.24) is 0 Å². The Morgan fingerprint density at radius 1 is 1.27 bits per heavy atom. The first-order chi connectivity index (χ1) is 10.2. The molecule has 0 aliphatic heterocycles. The van der Waals surface area contributed by atoms with Crippen LogP contribution in [0.2, 0.25) is 0 Å². The molecule has 0 amide bonds. The van der Waals surface area contributed by atoms with Gasteiger partial charge in [0.2, 0.25) is 0 Å². The average molecular weight is 318 g/mol. The molecule has 0 saturated carbocycles. The molecule has 0 aliphatic rings. The van der Waals surface area contributed by atoms with Crippen molar-refractivity contribution in [3.05, 3.63) is 35.4 Å². The Kier molecular flexibility index (Phi) is 5.97. The molecule has 1 rings (SSSR count). The quantitative estimate of drug-likeness (QED) is 0.815. The molecule has 1 aromatic carbocycles. The topological polar surface area (TPSA) is 72.8 Å². The maximum absolute atomic E-state index is 12.2. The fourth-order valence-corrected chi connectivity index (χ4v) is 1.55. The van der Waals surface area contributed by atoms with E-state index < -0.39 is 24.1 Å². The number of hydrogen-bond acceptors (Lipinski definition) is 4. The Morgan fingerprint density at radius 3 is 2.50 bits per heavy atom. The number of carbonyl (C=O) groups excluding carboxylic acids is 1. The van der Waals surface area contributed by atoms with Crippen LogP contribution in [0.4, 0.5) is 13.2 Å². The Bertz CT molecular complexity index is 578. The molecule has 0 atom stereocenters. The summed E-state index contributed by atoms with van der Waals surface area (Å²) in [7, 11) is 0. The largest absolute Gasteiger partial charge is 0.573 e. The monoisotopic (exact) mass is 318 g/mol. The highest BCUT2D eigenvalue weighted by Gasteiger charge is 2.31. The van der Waals surface area contributed by atoms with E-state index in [1.165, 1.54) is 12.2 Å². The first-order valence-electron chi connectivity index (χ1n) is 6.17. The van der Waals surface area contributed by atoms with Crippen LogP contribution in [0.25, 0.3) is 6.08 Å². The summed E-state index contributed by atoms with van der Waals surface area (Å²) >= 11 is 0. The molecule has 0 radical (unpaired) electrons. The number of halogens is 3. The molecule has 0 heterocycles. The standard InChI is InChI=1S/C14H13F3O5/c1-2-21-12(18)5-3-4-9-6-10(13(19)20)8-11(7-9)22-14(15,16)17/h3-4,6-8H,2,5H2,1H3,(H,19,20). The highest BCUT2D eigenvalue weighted by Crippen LogP contribution is 2.25. The van der Waals surface area contributed by atoms with Crippen molar-refractivity contribution >= 4 is 18.0 Å². The van der Waals surface area contributed by atoms with Gasteiger partial charge in [-0.25, -0.2) is 4.79 Å². The minimum atomic E-state index is -4.93. The molecule has 0 unspecified atom stereocenters. The van der Waals surface area contributed by atoms with Crippen LogP contribution < -0.4 is 4.74 Å². The van der Waals surface area contributed by atoms with E-state index in [4.69, 9.17) is 5.11 Å². The summed E-state index contributed by atoms with van der Waals surface area (Å²) in [5.74, 6) is -2.55. The zero-order valence-electron chi connectivity index (χ0n) is 11.5. The summed E-state index contributed by atoms with van der Waals surface area (Å²) in [6.07, 6.45) is -2.34. The molecule has 8 heteroatoms. The molecule has 0 saturated heterocycles. The van der Waals surface area contributed by atoms with Crippen molar-refractivity contribution in [2.45, 2.75) is 19.7 Å². The van der Waals surface area contributed by atoms with Gasteiger partial charge in [-0.1, -0.05) is 12.2 Å². The second-order valence-electron chi connectivity index (χ2n) is 4.06. The Balaban J connectivity index is 2.96. The van der Waals surface area contributed by atoms with Gasteiger partial charge in [-0.2, -0.15) is 0 Å². The van der Waals surface area contributed by atoms with E-state index in [2.05, 4.69) is 9.47 Å². The van der Waals surface area contributed by atoms with Crippen molar-refractivity contribution in [3.63, 3.8) is 0 Å². The van der Waals surface area contributed by atoms with Crippen molar-refractivity contribution in [1.29, 1.82) is 0 Å². The van der Waals surface area contributed by atoms with Crippen LogP contribution in [0.15, 0.2) is 24.3 Å². The van der Waals surface area contributed by atoms with Crippen LogP contribution >= 0.6 is 0 Å². The first kappa shape index (κ1) is 17.5. The fraction of sp³-hybridized carbons (Fsp3) is 0.286. The average Bonchev–Trinajstić information content (AvgIpc) is 2.36. The van der Waals surface area contributed by atoms with Gasteiger partial charge in [-0.15, -0.1) is 13.2 Å². The number of carbonyl (C=O) groups is 2. The van der Waals surface area contributed by atoms with Crippen LogP contribution in [0, 0.1) is 0 Å². The highest BCUT2D eigenvalue weighted by atomic mass is 19.4. The second kappa shape index (κ2) is 7.48.